The van der Waals surface area contributed by atoms with Crippen molar-refractivity contribution in [1.29, 1.82) is 0 Å². The van der Waals surface area contributed by atoms with Crippen LogP contribution < -0.4 is 15.0 Å². The first kappa shape index (κ1) is 23.2. The summed E-state index contributed by atoms with van der Waals surface area (Å²) in [6.07, 6.45) is 1.55. The van der Waals surface area contributed by atoms with Crippen molar-refractivity contribution >= 4 is 50.7 Å². The summed E-state index contributed by atoms with van der Waals surface area (Å²) in [5.41, 5.74) is 1.48. The number of pyridine rings is 1. The molecule has 3 aromatic rings. The SMILES string of the molecule is COc1ccc(/C(O)=C2\C(=O)C(=O)N(c3cccc(NC(C)=O)c3)C2c2ccccn2)cc1Br. The molecule has 2 heterocycles. The smallest absolute Gasteiger partial charge is 0.300 e. The number of anilines is 2. The number of amides is 2. The molecule has 172 valence electrons. The third kappa shape index (κ3) is 4.29. The van der Waals surface area contributed by atoms with Crippen molar-refractivity contribution in [1.82, 2.24) is 4.98 Å². The summed E-state index contributed by atoms with van der Waals surface area (Å²) in [5, 5.41) is 13.9. The van der Waals surface area contributed by atoms with E-state index in [1.165, 1.54) is 18.9 Å². The number of rotatable bonds is 5. The monoisotopic (exact) mass is 521 g/mol. The number of benzene rings is 2. The molecule has 1 atom stereocenters. The number of hydrogen-bond acceptors (Lipinski definition) is 6. The number of Topliss-reactive ketones (excluding diaryl/α,β-unsaturated/α-hetero) is 1. The Morgan fingerprint density at radius 1 is 1.12 bits per heavy atom. The third-order valence-corrected chi connectivity index (χ3v) is 5.90. The molecule has 0 bridgehead atoms. The van der Waals surface area contributed by atoms with Gasteiger partial charge in [-0.25, -0.2) is 0 Å². The molecule has 2 N–H and O–H groups in total. The van der Waals surface area contributed by atoms with Crippen LogP contribution in [0.4, 0.5) is 11.4 Å². The Bertz CT molecular complexity index is 1320. The van der Waals surface area contributed by atoms with Crippen molar-refractivity contribution in [3.8, 4) is 5.75 Å². The first-order chi connectivity index (χ1) is 16.3. The van der Waals surface area contributed by atoms with Gasteiger partial charge in [0.15, 0.2) is 0 Å². The Balaban J connectivity index is 1.90. The molecule has 1 unspecified atom stereocenters. The van der Waals surface area contributed by atoms with Crippen LogP contribution >= 0.6 is 15.9 Å². The van der Waals surface area contributed by atoms with E-state index < -0.39 is 17.7 Å². The summed E-state index contributed by atoms with van der Waals surface area (Å²) in [7, 11) is 1.52. The topological polar surface area (TPSA) is 109 Å². The summed E-state index contributed by atoms with van der Waals surface area (Å²) >= 11 is 3.38. The highest BCUT2D eigenvalue weighted by atomic mass is 79.9. The molecule has 1 aliphatic heterocycles. The second-order valence-corrected chi connectivity index (χ2v) is 8.36. The number of ether oxygens (including phenoxy) is 1. The van der Waals surface area contributed by atoms with Crippen LogP contribution in [0, 0.1) is 0 Å². The average Bonchev–Trinajstić information content (AvgIpc) is 3.09. The van der Waals surface area contributed by atoms with E-state index in [1.807, 2.05) is 0 Å². The number of aliphatic hydroxyl groups is 1. The largest absolute Gasteiger partial charge is 0.507 e. The molecular weight excluding hydrogens is 502 g/mol. The molecule has 0 aliphatic carbocycles. The average molecular weight is 522 g/mol. The molecule has 2 aromatic carbocycles. The van der Waals surface area contributed by atoms with Crippen LogP contribution in [0.3, 0.4) is 0 Å². The van der Waals surface area contributed by atoms with E-state index >= 15 is 0 Å². The minimum absolute atomic E-state index is 0.0919. The van der Waals surface area contributed by atoms with Gasteiger partial charge in [-0.05, 0) is 64.5 Å². The summed E-state index contributed by atoms with van der Waals surface area (Å²) in [6, 6.07) is 15.6. The lowest BCUT2D eigenvalue weighted by Crippen LogP contribution is -2.30. The normalized spacial score (nSPS) is 17.0. The fourth-order valence-corrected chi connectivity index (χ4v) is 4.36. The molecule has 1 aliphatic rings. The van der Waals surface area contributed by atoms with Crippen molar-refractivity contribution in [2.45, 2.75) is 13.0 Å². The highest BCUT2D eigenvalue weighted by molar-refractivity contribution is 9.10. The minimum atomic E-state index is -0.977. The number of aliphatic hydroxyl groups excluding tert-OH is 1. The molecule has 1 fully saturated rings. The van der Waals surface area contributed by atoms with E-state index in [9.17, 15) is 19.5 Å². The van der Waals surface area contributed by atoms with E-state index in [0.717, 1.165) is 0 Å². The maximum Gasteiger partial charge on any atom is 0.300 e. The molecule has 34 heavy (non-hydrogen) atoms. The molecule has 1 aromatic heterocycles. The lowest BCUT2D eigenvalue weighted by atomic mass is 9.98. The predicted molar refractivity (Wildman–Crippen MR) is 130 cm³/mol. The summed E-state index contributed by atoms with van der Waals surface area (Å²) in [4.78, 5) is 43.6. The number of aromatic nitrogens is 1. The zero-order chi connectivity index (χ0) is 24.4. The molecule has 4 rings (SSSR count). The van der Waals surface area contributed by atoms with Gasteiger partial charge in [0.1, 0.15) is 17.6 Å². The predicted octanol–water partition coefficient (Wildman–Crippen LogP) is 4.44. The third-order valence-electron chi connectivity index (χ3n) is 5.28. The van der Waals surface area contributed by atoms with Gasteiger partial charge in [-0.3, -0.25) is 24.3 Å². The first-order valence-corrected chi connectivity index (χ1v) is 11.0. The van der Waals surface area contributed by atoms with Gasteiger partial charge < -0.3 is 15.2 Å². The van der Waals surface area contributed by atoms with Gasteiger partial charge in [0, 0.05) is 30.1 Å². The number of ketones is 1. The van der Waals surface area contributed by atoms with E-state index in [2.05, 4.69) is 26.2 Å². The number of nitrogens with zero attached hydrogens (tertiary/aromatic N) is 2. The highest BCUT2D eigenvalue weighted by Crippen LogP contribution is 2.42. The second-order valence-electron chi connectivity index (χ2n) is 7.50. The molecule has 8 nitrogen and oxygen atoms in total. The van der Waals surface area contributed by atoms with Gasteiger partial charge in [-0.15, -0.1) is 0 Å². The van der Waals surface area contributed by atoms with Gasteiger partial charge >= 0.3 is 0 Å². The molecule has 0 spiro atoms. The Morgan fingerprint density at radius 2 is 1.91 bits per heavy atom. The number of methoxy groups -OCH3 is 1. The number of hydrogen-bond donors (Lipinski definition) is 2. The van der Waals surface area contributed by atoms with Gasteiger partial charge in [0.05, 0.1) is 22.8 Å². The molecule has 0 saturated carbocycles. The van der Waals surface area contributed by atoms with Crippen LogP contribution in [-0.2, 0) is 14.4 Å². The van der Waals surface area contributed by atoms with Crippen LogP contribution in [0.1, 0.15) is 24.2 Å². The van der Waals surface area contributed by atoms with Crippen LogP contribution in [0.15, 0.2) is 76.9 Å². The van der Waals surface area contributed by atoms with E-state index in [-0.39, 0.29) is 17.2 Å². The zero-order valence-electron chi connectivity index (χ0n) is 18.3. The lowest BCUT2D eigenvalue weighted by molar-refractivity contribution is -0.132. The standard InChI is InChI=1S/C25H20BrN3O5/c1-14(30)28-16-6-5-7-17(13-16)29-22(19-8-3-4-11-27-19)21(24(32)25(29)33)23(31)15-9-10-20(34-2)18(26)12-15/h3-13,22,31H,1-2H3,(H,28,30)/b23-21+. The number of carbonyl (C=O) groups is 3. The molecule has 2 amide bonds. The number of halogens is 1. The van der Waals surface area contributed by atoms with Gasteiger partial charge in [-0.1, -0.05) is 12.1 Å². The molecule has 0 radical (unpaired) electrons. The van der Waals surface area contributed by atoms with Crippen molar-refractivity contribution in [3.63, 3.8) is 0 Å². The van der Waals surface area contributed by atoms with Crippen LogP contribution in [0.2, 0.25) is 0 Å². The molecule has 1 saturated heterocycles. The maximum absolute atomic E-state index is 13.2. The molecular formula is C25H20BrN3O5. The van der Waals surface area contributed by atoms with Gasteiger partial charge in [-0.2, -0.15) is 0 Å². The summed E-state index contributed by atoms with van der Waals surface area (Å²) in [6.45, 7) is 1.37. The van der Waals surface area contributed by atoms with Crippen molar-refractivity contribution < 1.29 is 24.2 Å². The van der Waals surface area contributed by atoms with Gasteiger partial charge in [0.25, 0.3) is 11.7 Å². The Morgan fingerprint density at radius 3 is 2.56 bits per heavy atom. The van der Waals surface area contributed by atoms with Crippen LogP contribution in [0.25, 0.3) is 5.76 Å². The van der Waals surface area contributed by atoms with E-state index in [4.69, 9.17) is 4.74 Å². The number of carbonyl (C=O) groups excluding carboxylic acids is 3. The Labute approximate surface area is 204 Å². The highest BCUT2D eigenvalue weighted by Gasteiger charge is 2.47. The quantitative estimate of drug-likeness (QED) is 0.292. The van der Waals surface area contributed by atoms with E-state index in [1.54, 1.807) is 66.9 Å². The Hall–Kier alpha value is -3.98. The van der Waals surface area contributed by atoms with Gasteiger partial charge in [0.2, 0.25) is 5.91 Å². The molecule has 9 heteroatoms. The fraction of sp³-hybridized carbons (Fsp3) is 0.120. The maximum atomic E-state index is 13.2. The number of nitrogens with one attached hydrogen (secondary N) is 1. The summed E-state index contributed by atoms with van der Waals surface area (Å²) < 4.78 is 5.81. The van der Waals surface area contributed by atoms with E-state index in [0.29, 0.717) is 32.9 Å². The zero-order valence-corrected chi connectivity index (χ0v) is 19.9. The summed E-state index contributed by atoms with van der Waals surface area (Å²) in [5.74, 6) is -1.72. The minimum Gasteiger partial charge on any atom is -0.507 e. The van der Waals surface area contributed by atoms with Crippen molar-refractivity contribution in [2.24, 2.45) is 0 Å². The van der Waals surface area contributed by atoms with Crippen LogP contribution in [-0.4, -0.2) is 34.8 Å². The Kier molecular flexibility index (Phi) is 6.47. The van der Waals surface area contributed by atoms with Crippen molar-refractivity contribution in [3.05, 3.63) is 88.2 Å². The fourth-order valence-electron chi connectivity index (χ4n) is 3.82. The van der Waals surface area contributed by atoms with Crippen molar-refractivity contribution in [2.75, 3.05) is 17.3 Å². The van der Waals surface area contributed by atoms with Crippen LogP contribution in [0.5, 0.6) is 5.75 Å². The first-order valence-electron chi connectivity index (χ1n) is 10.2. The second kappa shape index (κ2) is 9.48. The lowest BCUT2D eigenvalue weighted by Gasteiger charge is -2.25.